The van der Waals surface area contributed by atoms with Crippen molar-refractivity contribution in [2.75, 3.05) is 20.8 Å². The Hall–Kier alpha value is -4.00. The van der Waals surface area contributed by atoms with Gasteiger partial charge in [-0.15, -0.1) is 0 Å². The molecule has 0 aliphatic rings. The summed E-state index contributed by atoms with van der Waals surface area (Å²) in [4.78, 5) is 17.7. The van der Waals surface area contributed by atoms with E-state index in [1.807, 2.05) is 74.5 Å². The van der Waals surface area contributed by atoms with E-state index in [0.717, 1.165) is 33.7 Å². The minimum atomic E-state index is -0.283. The molecule has 1 N–H and O–H groups in total. The third-order valence-electron chi connectivity index (χ3n) is 5.83. The minimum Gasteiger partial charge on any atom is -0.493 e. The molecule has 4 aromatic rings. The predicted octanol–water partition coefficient (Wildman–Crippen LogP) is 4.86. The molecule has 7 heteroatoms. The highest BCUT2D eigenvalue weighted by molar-refractivity contribution is 5.80. The van der Waals surface area contributed by atoms with Crippen LogP contribution in [0, 0.1) is 6.92 Å². The van der Waals surface area contributed by atoms with Gasteiger partial charge in [-0.3, -0.25) is 4.79 Å². The lowest BCUT2D eigenvalue weighted by molar-refractivity contribution is -0.121. The first-order valence-electron chi connectivity index (χ1n) is 11.6. The number of hydrogen-bond donors (Lipinski definition) is 1. The molecular formula is C28H31N3O4. The normalized spacial score (nSPS) is 11.8. The van der Waals surface area contributed by atoms with E-state index < -0.39 is 0 Å². The van der Waals surface area contributed by atoms with Crippen molar-refractivity contribution >= 4 is 16.9 Å². The number of fused-ring (bicyclic) bond motifs is 1. The van der Waals surface area contributed by atoms with Gasteiger partial charge in [-0.25, -0.2) is 4.98 Å². The summed E-state index contributed by atoms with van der Waals surface area (Å²) < 4.78 is 18.7. The molecule has 0 saturated carbocycles. The van der Waals surface area contributed by atoms with Gasteiger partial charge in [0, 0.05) is 0 Å². The third-order valence-corrected chi connectivity index (χ3v) is 5.83. The summed E-state index contributed by atoms with van der Waals surface area (Å²) in [6.45, 7) is 5.09. The van der Waals surface area contributed by atoms with E-state index in [9.17, 15) is 4.79 Å². The Bertz CT molecular complexity index is 1310. The van der Waals surface area contributed by atoms with Crippen LogP contribution in [0.5, 0.6) is 17.2 Å². The van der Waals surface area contributed by atoms with Gasteiger partial charge in [0.15, 0.2) is 11.5 Å². The first-order valence-corrected chi connectivity index (χ1v) is 11.6. The van der Waals surface area contributed by atoms with Crippen molar-refractivity contribution in [2.45, 2.75) is 32.9 Å². The highest BCUT2D eigenvalue weighted by Crippen LogP contribution is 2.28. The van der Waals surface area contributed by atoms with Gasteiger partial charge in [-0.1, -0.05) is 30.3 Å². The highest BCUT2D eigenvalue weighted by Gasteiger charge is 2.19. The molecule has 0 aliphatic heterocycles. The van der Waals surface area contributed by atoms with Gasteiger partial charge in [0.2, 0.25) is 5.91 Å². The van der Waals surface area contributed by atoms with Gasteiger partial charge in [0.25, 0.3) is 0 Å². The van der Waals surface area contributed by atoms with Crippen LogP contribution >= 0.6 is 0 Å². The molecule has 35 heavy (non-hydrogen) atoms. The highest BCUT2D eigenvalue weighted by atomic mass is 16.5. The molecule has 7 nitrogen and oxygen atoms in total. The number of carbonyl (C=O) groups is 1. The molecule has 1 aromatic heterocycles. The summed E-state index contributed by atoms with van der Waals surface area (Å²) in [5.74, 6) is 2.76. The number of aryl methyl sites for hydroxylation is 1. The fraction of sp³-hybridized carbons (Fsp3) is 0.286. The Morgan fingerprint density at radius 3 is 2.57 bits per heavy atom. The maximum absolute atomic E-state index is 12.9. The monoisotopic (exact) mass is 473 g/mol. The molecule has 0 bridgehead atoms. The molecule has 4 rings (SSSR count). The summed E-state index contributed by atoms with van der Waals surface area (Å²) in [6, 6.07) is 21.2. The van der Waals surface area contributed by atoms with Gasteiger partial charge in [-0.05, 0) is 61.4 Å². The van der Waals surface area contributed by atoms with Crippen LogP contribution < -0.4 is 19.5 Å². The van der Waals surface area contributed by atoms with E-state index in [2.05, 4.69) is 9.88 Å². The molecule has 0 saturated heterocycles. The molecule has 1 amide bonds. The number of methoxy groups -OCH3 is 2. The Morgan fingerprint density at radius 2 is 1.80 bits per heavy atom. The number of para-hydroxylation sites is 2. The number of imidazole rings is 1. The first kappa shape index (κ1) is 24.1. The largest absolute Gasteiger partial charge is 0.493 e. The molecule has 1 unspecified atom stereocenters. The van der Waals surface area contributed by atoms with Crippen molar-refractivity contribution in [3.8, 4) is 17.2 Å². The molecule has 1 atom stereocenters. The van der Waals surface area contributed by atoms with Crippen LogP contribution in [-0.4, -0.2) is 36.3 Å². The first-order chi connectivity index (χ1) is 17.0. The van der Waals surface area contributed by atoms with Crippen LogP contribution in [-0.2, 0) is 17.8 Å². The summed E-state index contributed by atoms with van der Waals surface area (Å²) in [5, 5.41) is 3.09. The van der Waals surface area contributed by atoms with E-state index in [0.29, 0.717) is 24.7 Å². The molecule has 0 fully saturated rings. The SMILES string of the molecule is COc1ccc(CC(=O)NC(C)c2nc3ccccc3n2CCOc2cccc(C)c2)cc1OC. The molecule has 182 valence electrons. The maximum atomic E-state index is 12.9. The molecular weight excluding hydrogens is 442 g/mol. The van der Waals surface area contributed by atoms with Gasteiger partial charge in [0.1, 0.15) is 18.2 Å². The third kappa shape index (κ3) is 5.74. The van der Waals surface area contributed by atoms with E-state index in [1.54, 1.807) is 20.3 Å². The second-order valence-corrected chi connectivity index (χ2v) is 8.43. The number of hydrogen-bond acceptors (Lipinski definition) is 5. The number of rotatable bonds is 10. The minimum absolute atomic E-state index is 0.0978. The number of nitrogens with one attached hydrogen (secondary N) is 1. The predicted molar refractivity (Wildman–Crippen MR) is 136 cm³/mol. The Labute approximate surface area is 205 Å². The molecule has 0 radical (unpaired) electrons. The van der Waals surface area contributed by atoms with Crippen LogP contribution in [0.2, 0.25) is 0 Å². The number of benzene rings is 3. The lowest BCUT2D eigenvalue weighted by atomic mass is 10.1. The van der Waals surface area contributed by atoms with Crippen LogP contribution in [0.25, 0.3) is 11.0 Å². The van der Waals surface area contributed by atoms with Crippen molar-refractivity contribution in [3.63, 3.8) is 0 Å². The van der Waals surface area contributed by atoms with Crippen LogP contribution in [0.15, 0.2) is 66.7 Å². The van der Waals surface area contributed by atoms with Gasteiger partial charge < -0.3 is 24.1 Å². The summed E-state index contributed by atoms with van der Waals surface area (Å²) in [6.07, 6.45) is 0.224. The zero-order valence-electron chi connectivity index (χ0n) is 20.6. The van der Waals surface area contributed by atoms with Crippen molar-refractivity contribution in [1.82, 2.24) is 14.9 Å². The average molecular weight is 474 g/mol. The number of ether oxygens (including phenoxy) is 3. The van der Waals surface area contributed by atoms with Crippen molar-refractivity contribution < 1.29 is 19.0 Å². The second-order valence-electron chi connectivity index (χ2n) is 8.43. The van der Waals surface area contributed by atoms with Gasteiger partial charge >= 0.3 is 0 Å². The quantitative estimate of drug-likeness (QED) is 0.356. The summed E-state index contributed by atoms with van der Waals surface area (Å²) in [5.41, 5.74) is 3.89. The number of nitrogens with zero attached hydrogens (tertiary/aromatic N) is 2. The number of carbonyl (C=O) groups excluding carboxylic acids is 1. The Kier molecular flexibility index (Phi) is 7.55. The van der Waals surface area contributed by atoms with Crippen LogP contribution in [0.4, 0.5) is 0 Å². The Balaban J connectivity index is 1.47. The maximum Gasteiger partial charge on any atom is 0.224 e. The lowest BCUT2D eigenvalue weighted by Gasteiger charge is -2.17. The summed E-state index contributed by atoms with van der Waals surface area (Å²) >= 11 is 0. The van der Waals surface area contributed by atoms with Gasteiger partial charge in [-0.2, -0.15) is 0 Å². The van der Waals surface area contributed by atoms with Crippen LogP contribution in [0.3, 0.4) is 0 Å². The summed E-state index contributed by atoms with van der Waals surface area (Å²) in [7, 11) is 3.17. The van der Waals surface area contributed by atoms with Crippen molar-refractivity contribution in [2.24, 2.45) is 0 Å². The average Bonchev–Trinajstić information content (AvgIpc) is 3.23. The Morgan fingerprint density at radius 1 is 1.00 bits per heavy atom. The smallest absolute Gasteiger partial charge is 0.224 e. The van der Waals surface area contributed by atoms with E-state index in [4.69, 9.17) is 19.2 Å². The number of aromatic nitrogens is 2. The second kappa shape index (κ2) is 11.0. The van der Waals surface area contributed by atoms with Crippen molar-refractivity contribution in [3.05, 3.63) is 83.7 Å². The topological polar surface area (TPSA) is 74.6 Å². The lowest BCUT2D eigenvalue weighted by Crippen LogP contribution is -2.30. The van der Waals surface area contributed by atoms with E-state index >= 15 is 0 Å². The molecule has 1 heterocycles. The van der Waals surface area contributed by atoms with Crippen LogP contribution in [0.1, 0.15) is 29.9 Å². The standard InChI is InChI=1S/C28H31N3O4/c1-19-8-7-9-22(16-19)35-15-14-31-24-11-6-5-10-23(24)30-28(31)20(2)29-27(32)18-21-12-13-25(33-3)26(17-21)34-4/h5-13,16-17,20H,14-15,18H2,1-4H3,(H,29,32). The van der Waals surface area contributed by atoms with E-state index in [1.165, 1.54) is 0 Å². The fourth-order valence-electron chi connectivity index (χ4n) is 4.15. The zero-order valence-corrected chi connectivity index (χ0v) is 20.6. The fourth-order valence-corrected chi connectivity index (χ4v) is 4.15. The molecule has 0 spiro atoms. The van der Waals surface area contributed by atoms with Crippen molar-refractivity contribution in [1.29, 1.82) is 0 Å². The molecule has 3 aromatic carbocycles. The van der Waals surface area contributed by atoms with E-state index in [-0.39, 0.29) is 18.4 Å². The zero-order chi connectivity index (χ0) is 24.8. The van der Waals surface area contributed by atoms with Gasteiger partial charge in [0.05, 0.1) is 44.3 Å². The molecule has 0 aliphatic carbocycles. The number of amides is 1.